The highest BCUT2D eigenvalue weighted by molar-refractivity contribution is 5.78. The van der Waals surface area contributed by atoms with E-state index in [1.807, 2.05) is 19.3 Å². The van der Waals surface area contributed by atoms with Gasteiger partial charge < -0.3 is 16.4 Å². The molecule has 0 saturated carbocycles. The molecule has 0 aliphatic carbocycles. The van der Waals surface area contributed by atoms with Crippen molar-refractivity contribution in [2.24, 2.45) is 10.7 Å². The van der Waals surface area contributed by atoms with Gasteiger partial charge in [-0.25, -0.2) is 0 Å². The molecule has 21 heavy (non-hydrogen) atoms. The lowest BCUT2D eigenvalue weighted by Crippen LogP contribution is -2.21. The van der Waals surface area contributed by atoms with Crippen molar-refractivity contribution >= 4 is 6.21 Å². The quantitative estimate of drug-likeness (QED) is 0.320. The number of aromatic amines is 1. The van der Waals surface area contributed by atoms with E-state index in [-0.39, 0.29) is 0 Å². The number of aryl methyl sites for hydroxylation is 1. The molecule has 6 nitrogen and oxygen atoms in total. The van der Waals surface area contributed by atoms with Crippen LogP contribution in [0.2, 0.25) is 0 Å². The second-order valence-corrected chi connectivity index (χ2v) is 5.20. The number of nitrogens with one attached hydrogen (secondary N) is 3. The van der Waals surface area contributed by atoms with Crippen LogP contribution in [-0.4, -0.2) is 55.7 Å². The smallest absolute Gasteiger partial charge is 0.0785 e. The third-order valence-electron chi connectivity index (χ3n) is 3.24. The Kier molecular flexibility index (Phi) is 10.6. The third kappa shape index (κ3) is 9.33. The highest BCUT2D eigenvalue weighted by Crippen LogP contribution is 1.97. The van der Waals surface area contributed by atoms with Crippen molar-refractivity contribution < 1.29 is 0 Å². The summed E-state index contributed by atoms with van der Waals surface area (Å²) in [5.41, 5.74) is 7.57. The SMILES string of the molecule is Cc1cn[nH]c1C=NCCCNCCCCNCCCN. The lowest BCUT2D eigenvalue weighted by molar-refractivity contribution is 0.570. The fraction of sp³-hybridized carbons (Fsp3) is 0.733. The number of nitrogens with two attached hydrogens (primary N) is 1. The Labute approximate surface area is 128 Å². The van der Waals surface area contributed by atoms with E-state index >= 15 is 0 Å². The van der Waals surface area contributed by atoms with Gasteiger partial charge in [-0.05, 0) is 70.9 Å². The van der Waals surface area contributed by atoms with Gasteiger partial charge >= 0.3 is 0 Å². The normalized spacial score (nSPS) is 11.5. The molecular weight excluding hydrogens is 264 g/mol. The lowest BCUT2D eigenvalue weighted by Gasteiger charge is -2.05. The van der Waals surface area contributed by atoms with E-state index in [1.54, 1.807) is 0 Å². The molecule has 0 atom stereocenters. The van der Waals surface area contributed by atoms with E-state index in [1.165, 1.54) is 12.8 Å². The molecule has 0 unspecified atom stereocenters. The van der Waals surface area contributed by atoms with E-state index < -0.39 is 0 Å². The molecule has 0 saturated heterocycles. The third-order valence-corrected chi connectivity index (χ3v) is 3.24. The van der Waals surface area contributed by atoms with Crippen molar-refractivity contribution in [1.29, 1.82) is 0 Å². The van der Waals surface area contributed by atoms with Gasteiger partial charge in [0, 0.05) is 12.8 Å². The summed E-state index contributed by atoms with van der Waals surface area (Å²) in [7, 11) is 0. The number of H-pyrrole nitrogens is 1. The van der Waals surface area contributed by atoms with Crippen molar-refractivity contribution in [3.63, 3.8) is 0 Å². The molecule has 1 aromatic rings. The van der Waals surface area contributed by atoms with E-state index in [0.717, 1.165) is 63.4 Å². The van der Waals surface area contributed by atoms with E-state index in [9.17, 15) is 0 Å². The summed E-state index contributed by atoms with van der Waals surface area (Å²) in [4.78, 5) is 4.39. The summed E-state index contributed by atoms with van der Waals surface area (Å²) in [6, 6.07) is 0. The first-order chi connectivity index (χ1) is 10.3. The molecule has 0 spiro atoms. The van der Waals surface area contributed by atoms with Crippen LogP contribution in [0, 0.1) is 6.92 Å². The highest BCUT2D eigenvalue weighted by Gasteiger charge is 1.94. The Morgan fingerprint density at radius 1 is 1.14 bits per heavy atom. The van der Waals surface area contributed by atoms with Gasteiger partial charge in [0.05, 0.1) is 11.9 Å². The Morgan fingerprint density at radius 2 is 1.81 bits per heavy atom. The fourth-order valence-corrected chi connectivity index (χ4v) is 1.92. The van der Waals surface area contributed by atoms with Crippen LogP contribution in [0.15, 0.2) is 11.2 Å². The number of nitrogens with zero attached hydrogens (tertiary/aromatic N) is 2. The second-order valence-electron chi connectivity index (χ2n) is 5.20. The first kappa shape index (κ1) is 17.8. The summed E-state index contributed by atoms with van der Waals surface area (Å²) in [5.74, 6) is 0. The van der Waals surface area contributed by atoms with Crippen molar-refractivity contribution in [2.45, 2.75) is 32.6 Å². The fourth-order valence-electron chi connectivity index (χ4n) is 1.92. The molecule has 1 heterocycles. The molecule has 6 heteroatoms. The lowest BCUT2D eigenvalue weighted by atomic mass is 10.3. The van der Waals surface area contributed by atoms with Crippen molar-refractivity contribution in [1.82, 2.24) is 20.8 Å². The number of hydrogen-bond acceptors (Lipinski definition) is 5. The molecule has 0 radical (unpaired) electrons. The van der Waals surface area contributed by atoms with Gasteiger partial charge in [0.15, 0.2) is 0 Å². The van der Waals surface area contributed by atoms with Crippen LogP contribution in [0.25, 0.3) is 0 Å². The maximum Gasteiger partial charge on any atom is 0.0785 e. The average molecular weight is 294 g/mol. The predicted octanol–water partition coefficient (Wildman–Crippen LogP) is 0.835. The first-order valence-corrected chi connectivity index (χ1v) is 7.96. The van der Waals surface area contributed by atoms with Gasteiger partial charge in [-0.15, -0.1) is 0 Å². The average Bonchev–Trinajstić information content (AvgIpc) is 2.89. The van der Waals surface area contributed by atoms with Crippen LogP contribution in [0.5, 0.6) is 0 Å². The Morgan fingerprint density at radius 3 is 2.43 bits per heavy atom. The van der Waals surface area contributed by atoms with Crippen molar-refractivity contribution in [3.05, 3.63) is 17.5 Å². The molecule has 120 valence electrons. The standard InChI is InChI=1S/C15H30N6/c1-14-12-20-21-15(14)13-19-11-5-10-18-8-3-2-7-17-9-4-6-16/h12-13,17-18H,2-11,16H2,1H3,(H,20,21). The molecule has 1 rings (SSSR count). The monoisotopic (exact) mass is 294 g/mol. The largest absolute Gasteiger partial charge is 0.330 e. The summed E-state index contributed by atoms with van der Waals surface area (Å²) in [6.07, 6.45) is 8.25. The molecule has 0 amide bonds. The van der Waals surface area contributed by atoms with Crippen LogP contribution in [-0.2, 0) is 0 Å². The number of aromatic nitrogens is 2. The van der Waals surface area contributed by atoms with E-state index in [0.29, 0.717) is 0 Å². The zero-order valence-electron chi connectivity index (χ0n) is 13.2. The van der Waals surface area contributed by atoms with Crippen LogP contribution in [0.1, 0.15) is 36.9 Å². The summed E-state index contributed by atoms with van der Waals surface area (Å²) in [6.45, 7) is 7.90. The van der Waals surface area contributed by atoms with E-state index in [2.05, 4.69) is 25.8 Å². The zero-order valence-corrected chi connectivity index (χ0v) is 13.2. The summed E-state index contributed by atoms with van der Waals surface area (Å²) >= 11 is 0. The van der Waals surface area contributed by atoms with Gasteiger partial charge in [-0.1, -0.05) is 0 Å². The van der Waals surface area contributed by atoms with Crippen LogP contribution in [0.4, 0.5) is 0 Å². The predicted molar refractivity (Wildman–Crippen MR) is 89.0 cm³/mol. The van der Waals surface area contributed by atoms with Gasteiger partial charge in [0.25, 0.3) is 0 Å². The first-order valence-electron chi connectivity index (χ1n) is 7.96. The second kappa shape index (κ2) is 12.5. The maximum absolute atomic E-state index is 5.43. The van der Waals surface area contributed by atoms with Gasteiger partial charge in [-0.2, -0.15) is 5.10 Å². The summed E-state index contributed by atoms with van der Waals surface area (Å²) < 4.78 is 0. The van der Waals surface area contributed by atoms with Crippen molar-refractivity contribution in [2.75, 3.05) is 39.3 Å². The highest BCUT2D eigenvalue weighted by atomic mass is 15.1. The van der Waals surface area contributed by atoms with Crippen molar-refractivity contribution in [3.8, 4) is 0 Å². The van der Waals surface area contributed by atoms with Gasteiger partial charge in [-0.3, -0.25) is 10.1 Å². The van der Waals surface area contributed by atoms with E-state index in [4.69, 9.17) is 5.73 Å². The Bertz CT molecular complexity index is 374. The molecule has 1 aromatic heterocycles. The number of rotatable bonds is 13. The molecular formula is C15H30N6. The van der Waals surface area contributed by atoms with Gasteiger partial charge in [0.1, 0.15) is 0 Å². The topological polar surface area (TPSA) is 91.1 Å². The Balaban J connectivity index is 1.83. The minimum absolute atomic E-state index is 0.775. The van der Waals surface area contributed by atoms with Crippen LogP contribution >= 0.6 is 0 Å². The zero-order chi connectivity index (χ0) is 15.2. The van der Waals surface area contributed by atoms with Crippen LogP contribution < -0.4 is 16.4 Å². The molecule has 0 aromatic carbocycles. The number of unbranched alkanes of at least 4 members (excludes halogenated alkanes) is 1. The number of aliphatic imine (C=N–C) groups is 1. The van der Waals surface area contributed by atoms with Gasteiger partial charge in [0.2, 0.25) is 0 Å². The summed E-state index contributed by atoms with van der Waals surface area (Å²) in [5, 5.41) is 13.7. The molecule has 5 N–H and O–H groups in total. The van der Waals surface area contributed by atoms with Crippen LogP contribution in [0.3, 0.4) is 0 Å². The molecule has 0 bridgehead atoms. The molecule has 0 aliphatic rings. The minimum Gasteiger partial charge on any atom is -0.330 e. The number of hydrogen-bond donors (Lipinski definition) is 4. The molecule has 0 fully saturated rings. The minimum atomic E-state index is 0.775. The maximum atomic E-state index is 5.43. The molecule has 0 aliphatic heterocycles. The Hall–Kier alpha value is -1.24.